The molecule has 0 spiro atoms. The van der Waals surface area contributed by atoms with E-state index in [4.69, 9.17) is 4.42 Å². The van der Waals surface area contributed by atoms with Crippen molar-refractivity contribution in [2.24, 2.45) is 5.92 Å². The maximum atomic E-state index is 11.8. The number of furan rings is 1. The van der Waals surface area contributed by atoms with Crippen LogP contribution in [0.4, 0.5) is 0 Å². The zero-order valence-electron chi connectivity index (χ0n) is 13.2. The van der Waals surface area contributed by atoms with Gasteiger partial charge in [0.1, 0.15) is 17.3 Å². The minimum Gasteiger partial charge on any atom is -0.466 e. The molecule has 22 heavy (non-hydrogen) atoms. The Morgan fingerprint density at radius 3 is 2.86 bits per heavy atom. The summed E-state index contributed by atoms with van der Waals surface area (Å²) >= 11 is 0. The summed E-state index contributed by atoms with van der Waals surface area (Å²) in [5, 5.41) is 11.8. The van der Waals surface area contributed by atoms with E-state index in [1.165, 1.54) is 0 Å². The Bertz CT molecular complexity index is 682. The molecule has 4 heterocycles. The highest BCUT2D eigenvalue weighted by Crippen LogP contribution is 2.44. The highest BCUT2D eigenvalue weighted by Gasteiger charge is 2.47. The molecule has 0 bridgehead atoms. The molecule has 118 valence electrons. The molecule has 5 nitrogen and oxygen atoms in total. The van der Waals surface area contributed by atoms with E-state index in [1.54, 1.807) is 6.20 Å². The van der Waals surface area contributed by atoms with Crippen molar-refractivity contribution in [3.63, 3.8) is 0 Å². The number of nitrogens with zero attached hydrogens (tertiary/aromatic N) is 3. The summed E-state index contributed by atoms with van der Waals surface area (Å²) < 4.78 is 7.97. The van der Waals surface area contributed by atoms with E-state index in [2.05, 4.69) is 21.5 Å². The van der Waals surface area contributed by atoms with Crippen LogP contribution in [-0.4, -0.2) is 39.7 Å². The molecule has 2 aromatic heterocycles. The van der Waals surface area contributed by atoms with Gasteiger partial charge in [0.05, 0.1) is 0 Å². The van der Waals surface area contributed by atoms with Crippen molar-refractivity contribution in [2.45, 2.75) is 38.3 Å². The van der Waals surface area contributed by atoms with Gasteiger partial charge in [-0.2, -0.15) is 0 Å². The second-order valence-electron chi connectivity index (χ2n) is 6.73. The minimum atomic E-state index is -1.03. The average molecular weight is 301 g/mol. The van der Waals surface area contributed by atoms with Crippen molar-refractivity contribution in [3.05, 3.63) is 41.4 Å². The van der Waals surface area contributed by atoms with E-state index >= 15 is 0 Å². The third kappa shape index (κ3) is 1.96. The Morgan fingerprint density at radius 1 is 1.32 bits per heavy atom. The molecule has 1 saturated heterocycles. The molecule has 5 heteroatoms. The van der Waals surface area contributed by atoms with Crippen LogP contribution >= 0.6 is 0 Å². The topological polar surface area (TPSA) is 54.4 Å². The third-order valence-electron chi connectivity index (χ3n) is 5.29. The van der Waals surface area contributed by atoms with Crippen LogP contribution in [0.5, 0.6) is 0 Å². The van der Waals surface area contributed by atoms with Crippen LogP contribution in [0, 0.1) is 12.8 Å². The molecule has 1 fully saturated rings. The third-order valence-corrected chi connectivity index (χ3v) is 5.29. The number of fused-ring (bicyclic) bond motifs is 2. The van der Waals surface area contributed by atoms with Crippen LogP contribution in [0.15, 0.2) is 22.9 Å². The van der Waals surface area contributed by atoms with E-state index in [0.717, 1.165) is 61.8 Å². The van der Waals surface area contributed by atoms with Crippen LogP contribution in [0.3, 0.4) is 0 Å². The second kappa shape index (κ2) is 4.96. The summed E-state index contributed by atoms with van der Waals surface area (Å²) in [7, 11) is 2.14. The van der Waals surface area contributed by atoms with Crippen molar-refractivity contribution in [2.75, 3.05) is 20.1 Å². The zero-order valence-corrected chi connectivity index (χ0v) is 13.2. The van der Waals surface area contributed by atoms with Crippen molar-refractivity contribution in [1.29, 1.82) is 0 Å². The highest BCUT2D eigenvalue weighted by molar-refractivity contribution is 5.37. The van der Waals surface area contributed by atoms with Crippen molar-refractivity contribution in [3.8, 4) is 0 Å². The molecule has 0 saturated carbocycles. The van der Waals surface area contributed by atoms with E-state index < -0.39 is 5.60 Å². The summed E-state index contributed by atoms with van der Waals surface area (Å²) in [4.78, 5) is 6.85. The van der Waals surface area contributed by atoms with Crippen LogP contribution in [0.25, 0.3) is 0 Å². The predicted octanol–water partition coefficient (Wildman–Crippen LogP) is 1.92. The molecule has 0 aliphatic carbocycles. The number of piperidine rings is 1. The molecule has 2 aromatic rings. The number of aryl methyl sites for hydroxylation is 3. The first-order valence-corrected chi connectivity index (χ1v) is 8.11. The monoisotopic (exact) mass is 301 g/mol. The SMILES string of the molecule is Cc1cc2c(o1)CCn1ccnc1C2(O)C1CCN(C)CC1. The van der Waals surface area contributed by atoms with Crippen molar-refractivity contribution < 1.29 is 9.52 Å². The molecule has 0 aromatic carbocycles. The van der Waals surface area contributed by atoms with Crippen LogP contribution in [0.2, 0.25) is 0 Å². The molecular formula is C17H23N3O2. The van der Waals surface area contributed by atoms with E-state index in [-0.39, 0.29) is 5.92 Å². The number of rotatable bonds is 1. The molecular weight excluding hydrogens is 278 g/mol. The summed E-state index contributed by atoms with van der Waals surface area (Å²) in [6.45, 7) is 4.79. The number of imidazole rings is 1. The Labute approximate surface area is 130 Å². The summed E-state index contributed by atoms with van der Waals surface area (Å²) in [6, 6.07) is 2.01. The van der Waals surface area contributed by atoms with E-state index in [0.29, 0.717) is 0 Å². The minimum absolute atomic E-state index is 0.179. The normalized spacial score (nSPS) is 26.5. The standard InChI is InChI=1S/C17H23N3O2/c1-12-11-14-15(22-12)5-9-20-10-6-18-16(20)17(14,21)13-3-7-19(2)8-4-13/h6,10-11,13,21H,3-5,7-9H2,1-2H3. The van der Waals surface area contributed by atoms with Crippen molar-refractivity contribution >= 4 is 0 Å². The van der Waals surface area contributed by atoms with E-state index in [1.807, 2.05) is 19.2 Å². The number of hydrogen-bond donors (Lipinski definition) is 1. The fourth-order valence-corrected chi connectivity index (χ4v) is 4.07. The van der Waals surface area contributed by atoms with Gasteiger partial charge in [0.25, 0.3) is 0 Å². The number of hydrogen-bond acceptors (Lipinski definition) is 4. The molecule has 2 aliphatic heterocycles. The molecule has 2 aliphatic rings. The van der Waals surface area contributed by atoms with Gasteiger partial charge in [-0.3, -0.25) is 0 Å². The summed E-state index contributed by atoms with van der Waals surface area (Å²) in [5.74, 6) is 2.75. The number of likely N-dealkylation sites (tertiary alicyclic amines) is 1. The maximum Gasteiger partial charge on any atom is 0.153 e. The fraction of sp³-hybridized carbons (Fsp3) is 0.588. The Morgan fingerprint density at radius 2 is 2.09 bits per heavy atom. The van der Waals surface area contributed by atoms with Gasteiger partial charge < -0.3 is 19.0 Å². The predicted molar refractivity (Wildman–Crippen MR) is 82.6 cm³/mol. The molecule has 4 rings (SSSR count). The smallest absolute Gasteiger partial charge is 0.153 e. The first-order valence-electron chi connectivity index (χ1n) is 8.11. The van der Waals surface area contributed by atoms with Gasteiger partial charge in [0, 0.05) is 36.8 Å². The Hall–Kier alpha value is -1.59. The lowest BCUT2D eigenvalue weighted by atomic mass is 9.75. The summed E-state index contributed by atoms with van der Waals surface area (Å²) in [5.41, 5.74) is -0.0987. The molecule has 1 N–H and O–H groups in total. The lowest BCUT2D eigenvalue weighted by Crippen LogP contribution is -2.44. The number of aromatic nitrogens is 2. The molecule has 1 unspecified atom stereocenters. The van der Waals surface area contributed by atoms with Gasteiger partial charge in [0.2, 0.25) is 0 Å². The first kappa shape index (κ1) is 14.0. The largest absolute Gasteiger partial charge is 0.466 e. The number of aliphatic hydroxyl groups is 1. The summed E-state index contributed by atoms with van der Waals surface area (Å²) in [6.07, 6.45) is 6.52. The zero-order chi connectivity index (χ0) is 15.3. The first-order chi connectivity index (χ1) is 10.6. The van der Waals surface area contributed by atoms with Gasteiger partial charge in [-0.25, -0.2) is 4.98 Å². The molecule has 1 atom stereocenters. The lowest BCUT2D eigenvalue weighted by molar-refractivity contribution is -0.0199. The van der Waals surface area contributed by atoms with Gasteiger partial charge >= 0.3 is 0 Å². The second-order valence-corrected chi connectivity index (χ2v) is 6.73. The highest BCUT2D eigenvalue weighted by atomic mass is 16.3. The molecule has 0 amide bonds. The Balaban J connectivity index is 1.86. The van der Waals surface area contributed by atoms with Gasteiger partial charge in [-0.1, -0.05) is 0 Å². The van der Waals surface area contributed by atoms with Gasteiger partial charge in [-0.15, -0.1) is 0 Å². The molecule has 0 radical (unpaired) electrons. The van der Waals surface area contributed by atoms with Crippen LogP contribution in [0.1, 0.15) is 35.7 Å². The van der Waals surface area contributed by atoms with Crippen LogP contribution in [-0.2, 0) is 18.6 Å². The van der Waals surface area contributed by atoms with E-state index in [9.17, 15) is 5.11 Å². The lowest BCUT2D eigenvalue weighted by Gasteiger charge is -2.39. The van der Waals surface area contributed by atoms with Crippen LogP contribution < -0.4 is 0 Å². The Kier molecular flexibility index (Phi) is 3.16. The average Bonchev–Trinajstić information content (AvgIpc) is 3.09. The van der Waals surface area contributed by atoms with Crippen molar-refractivity contribution in [1.82, 2.24) is 14.5 Å². The van der Waals surface area contributed by atoms with Gasteiger partial charge in [0.15, 0.2) is 5.60 Å². The fourth-order valence-electron chi connectivity index (χ4n) is 4.07. The maximum absolute atomic E-state index is 11.8. The quantitative estimate of drug-likeness (QED) is 0.874. The van der Waals surface area contributed by atoms with Gasteiger partial charge in [-0.05, 0) is 46.0 Å².